The Hall–Kier alpha value is -0.870. The fraction of sp³-hybridized carbons (Fsp3) is 0.667. The number of ether oxygens (including phenoxy) is 1. The van der Waals surface area contributed by atoms with Crippen molar-refractivity contribution in [2.24, 2.45) is 0 Å². The molecule has 2 rings (SSSR count). The van der Waals surface area contributed by atoms with E-state index in [1.165, 1.54) is 0 Å². The van der Waals surface area contributed by atoms with Crippen molar-refractivity contribution >= 4 is 0 Å². The molecule has 1 fully saturated rings. The third-order valence-corrected chi connectivity index (χ3v) is 2.25. The summed E-state index contributed by atoms with van der Waals surface area (Å²) in [4.78, 5) is 4.30. The maximum Gasteiger partial charge on any atom is 0.225 e. The van der Waals surface area contributed by atoms with Gasteiger partial charge in [-0.15, -0.1) is 0 Å². The van der Waals surface area contributed by atoms with Crippen LogP contribution < -0.4 is 5.32 Å². The van der Waals surface area contributed by atoms with Gasteiger partial charge < -0.3 is 14.5 Å². The number of hydrogen-bond acceptors (Lipinski definition) is 4. The largest absolute Gasteiger partial charge is 0.443 e. The summed E-state index contributed by atoms with van der Waals surface area (Å²) in [5, 5.41) is 3.24. The van der Waals surface area contributed by atoms with Crippen LogP contribution in [0.3, 0.4) is 0 Å². The van der Waals surface area contributed by atoms with Crippen LogP contribution >= 0.6 is 0 Å². The second-order valence-electron chi connectivity index (χ2n) is 3.26. The lowest BCUT2D eigenvalue weighted by Crippen LogP contribution is -2.33. The maximum absolute atomic E-state index is 5.51. The Morgan fingerprint density at radius 3 is 2.85 bits per heavy atom. The van der Waals surface area contributed by atoms with E-state index in [0.717, 1.165) is 31.2 Å². The van der Waals surface area contributed by atoms with Crippen molar-refractivity contribution in [3.8, 4) is 0 Å². The first-order valence-corrected chi connectivity index (χ1v) is 4.53. The summed E-state index contributed by atoms with van der Waals surface area (Å²) in [6, 6.07) is 0. The van der Waals surface area contributed by atoms with E-state index in [9.17, 15) is 0 Å². The predicted octanol–water partition coefficient (Wildman–Crippen LogP) is 0.952. The minimum absolute atomic E-state index is 0.0128. The molecule has 1 N–H and O–H groups in total. The summed E-state index contributed by atoms with van der Waals surface area (Å²) in [6.45, 7) is 6.29. The van der Waals surface area contributed by atoms with E-state index >= 15 is 0 Å². The summed E-state index contributed by atoms with van der Waals surface area (Å²) in [6.07, 6.45) is -0.0128. The highest BCUT2D eigenvalue weighted by molar-refractivity contribution is 5.07. The normalized spacial score (nSPS) is 23.4. The van der Waals surface area contributed by atoms with Crippen molar-refractivity contribution in [1.29, 1.82) is 0 Å². The van der Waals surface area contributed by atoms with Gasteiger partial charge in [0.25, 0.3) is 0 Å². The molecule has 0 radical (unpaired) electrons. The van der Waals surface area contributed by atoms with Gasteiger partial charge in [-0.3, -0.25) is 0 Å². The quantitative estimate of drug-likeness (QED) is 0.702. The molecule has 1 atom stereocenters. The molecule has 0 bridgehead atoms. The zero-order valence-corrected chi connectivity index (χ0v) is 7.96. The molecule has 72 valence electrons. The summed E-state index contributed by atoms with van der Waals surface area (Å²) < 4.78 is 11.0. The van der Waals surface area contributed by atoms with E-state index in [2.05, 4.69) is 10.3 Å². The molecule has 4 nitrogen and oxygen atoms in total. The van der Waals surface area contributed by atoms with Gasteiger partial charge in [-0.25, -0.2) is 4.98 Å². The standard InChI is InChI=1S/C9H14N2O2/c1-6-7(2)13-9(11-6)8-5-10-3-4-12-8/h8,10H,3-5H2,1-2H3. The first-order valence-electron chi connectivity index (χ1n) is 4.53. The van der Waals surface area contributed by atoms with Gasteiger partial charge in [-0.05, 0) is 13.8 Å². The molecule has 0 amide bonds. The Balaban J connectivity index is 2.14. The Morgan fingerprint density at radius 1 is 1.46 bits per heavy atom. The number of aryl methyl sites for hydroxylation is 2. The van der Waals surface area contributed by atoms with Gasteiger partial charge in [0.15, 0.2) is 0 Å². The summed E-state index contributed by atoms with van der Waals surface area (Å²) in [7, 11) is 0. The van der Waals surface area contributed by atoms with Gasteiger partial charge >= 0.3 is 0 Å². The van der Waals surface area contributed by atoms with Gasteiger partial charge in [0, 0.05) is 13.1 Å². The number of aromatic nitrogens is 1. The van der Waals surface area contributed by atoms with E-state index in [-0.39, 0.29) is 6.10 Å². The van der Waals surface area contributed by atoms with E-state index in [1.807, 2.05) is 13.8 Å². The molecule has 4 heteroatoms. The number of hydrogen-bond donors (Lipinski definition) is 1. The summed E-state index contributed by atoms with van der Waals surface area (Å²) in [5.74, 6) is 1.58. The number of nitrogens with zero attached hydrogens (tertiary/aromatic N) is 1. The third kappa shape index (κ3) is 1.73. The van der Waals surface area contributed by atoms with E-state index in [0.29, 0.717) is 5.89 Å². The van der Waals surface area contributed by atoms with Crippen LogP contribution in [0, 0.1) is 13.8 Å². The molecule has 0 aromatic carbocycles. The molecule has 1 saturated heterocycles. The average molecular weight is 182 g/mol. The molecule has 1 unspecified atom stereocenters. The topological polar surface area (TPSA) is 47.3 Å². The van der Waals surface area contributed by atoms with E-state index < -0.39 is 0 Å². The van der Waals surface area contributed by atoms with E-state index in [4.69, 9.17) is 9.15 Å². The second-order valence-corrected chi connectivity index (χ2v) is 3.26. The van der Waals surface area contributed by atoms with Gasteiger partial charge in [-0.1, -0.05) is 0 Å². The minimum atomic E-state index is -0.0128. The van der Waals surface area contributed by atoms with Gasteiger partial charge in [0.1, 0.15) is 11.9 Å². The number of morpholine rings is 1. The van der Waals surface area contributed by atoms with Crippen LogP contribution in [0.5, 0.6) is 0 Å². The first-order chi connectivity index (χ1) is 6.27. The molecule has 0 spiro atoms. The van der Waals surface area contributed by atoms with Crippen molar-refractivity contribution in [2.45, 2.75) is 20.0 Å². The first kappa shape index (κ1) is 8.72. The predicted molar refractivity (Wildman–Crippen MR) is 47.5 cm³/mol. The highest BCUT2D eigenvalue weighted by Gasteiger charge is 2.21. The second kappa shape index (κ2) is 3.47. The van der Waals surface area contributed by atoms with Gasteiger partial charge in [-0.2, -0.15) is 0 Å². The fourth-order valence-electron chi connectivity index (χ4n) is 1.36. The number of rotatable bonds is 1. The number of oxazole rings is 1. The van der Waals surface area contributed by atoms with Crippen molar-refractivity contribution < 1.29 is 9.15 Å². The maximum atomic E-state index is 5.51. The molecule has 1 aliphatic rings. The lowest BCUT2D eigenvalue weighted by Gasteiger charge is -2.20. The molecule has 1 aromatic rings. The number of nitrogens with one attached hydrogen (secondary N) is 1. The third-order valence-electron chi connectivity index (χ3n) is 2.25. The molecular formula is C9H14N2O2. The lowest BCUT2D eigenvalue weighted by molar-refractivity contribution is 0.0104. The zero-order chi connectivity index (χ0) is 9.26. The molecule has 1 aromatic heterocycles. The molecule has 0 aliphatic carbocycles. The zero-order valence-electron chi connectivity index (χ0n) is 7.96. The van der Waals surface area contributed by atoms with Crippen molar-refractivity contribution in [3.05, 3.63) is 17.3 Å². The molecule has 1 aliphatic heterocycles. The van der Waals surface area contributed by atoms with Crippen LogP contribution in [0.25, 0.3) is 0 Å². The highest BCUT2D eigenvalue weighted by atomic mass is 16.5. The average Bonchev–Trinajstić information content (AvgIpc) is 2.49. The van der Waals surface area contributed by atoms with Crippen LogP contribution in [0.2, 0.25) is 0 Å². The Kier molecular flexibility index (Phi) is 2.33. The van der Waals surface area contributed by atoms with Gasteiger partial charge in [0.2, 0.25) is 5.89 Å². The molecule has 0 saturated carbocycles. The highest BCUT2D eigenvalue weighted by Crippen LogP contribution is 2.20. The minimum Gasteiger partial charge on any atom is -0.443 e. The SMILES string of the molecule is Cc1nc(C2CNCCO2)oc1C. The smallest absolute Gasteiger partial charge is 0.225 e. The van der Waals surface area contributed by atoms with Crippen LogP contribution in [0.1, 0.15) is 23.4 Å². The summed E-state index contributed by atoms with van der Waals surface area (Å²) in [5.41, 5.74) is 0.948. The van der Waals surface area contributed by atoms with Crippen molar-refractivity contribution in [1.82, 2.24) is 10.3 Å². The molecular weight excluding hydrogens is 168 g/mol. The molecule has 2 heterocycles. The molecule has 13 heavy (non-hydrogen) atoms. The van der Waals surface area contributed by atoms with Crippen molar-refractivity contribution in [3.63, 3.8) is 0 Å². The van der Waals surface area contributed by atoms with Crippen LogP contribution in [-0.4, -0.2) is 24.7 Å². The summed E-state index contributed by atoms with van der Waals surface area (Å²) >= 11 is 0. The van der Waals surface area contributed by atoms with Crippen molar-refractivity contribution in [2.75, 3.05) is 19.7 Å². The fourth-order valence-corrected chi connectivity index (χ4v) is 1.36. The Labute approximate surface area is 77.3 Å². The van der Waals surface area contributed by atoms with E-state index in [1.54, 1.807) is 0 Å². The Morgan fingerprint density at radius 2 is 2.31 bits per heavy atom. The Bertz CT molecular complexity index is 270. The lowest BCUT2D eigenvalue weighted by atomic mass is 10.3. The van der Waals surface area contributed by atoms with Crippen LogP contribution in [-0.2, 0) is 4.74 Å². The van der Waals surface area contributed by atoms with Crippen LogP contribution in [0.4, 0.5) is 0 Å². The van der Waals surface area contributed by atoms with Crippen LogP contribution in [0.15, 0.2) is 4.42 Å². The van der Waals surface area contributed by atoms with Gasteiger partial charge in [0.05, 0.1) is 12.3 Å². The monoisotopic (exact) mass is 182 g/mol.